The molecule has 1 amide bonds. The number of ether oxygens (including phenoxy) is 1. The average molecular weight is 256 g/mol. The van der Waals surface area contributed by atoms with Gasteiger partial charge in [0.1, 0.15) is 11.7 Å². The predicted molar refractivity (Wildman–Crippen MR) is 64.2 cm³/mol. The Morgan fingerprint density at radius 1 is 1.50 bits per heavy atom. The van der Waals surface area contributed by atoms with Crippen LogP contribution in [0, 0.1) is 5.92 Å². The minimum atomic E-state index is -2.84. The van der Waals surface area contributed by atoms with Gasteiger partial charge in [-0.25, -0.2) is 8.78 Å². The fraction of sp³-hybridized carbons (Fsp3) is 0.417. The average Bonchev–Trinajstić information content (AvgIpc) is 2.98. The predicted octanol–water partition coefficient (Wildman–Crippen LogP) is 2.33. The molecule has 0 aromatic heterocycles. The van der Waals surface area contributed by atoms with E-state index in [1.807, 2.05) is 0 Å². The zero-order valence-electron chi connectivity index (χ0n) is 10.1. The Bertz CT molecular complexity index is 477. The van der Waals surface area contributed by atoms with E-state index in [4.69, 9.17) is 4.74 Å². The first-order valence-electron chi connectivity index (χ1n) is 5.52. The van der Waals surface area contributed by atoms with E-state index in [-0.39, 0.29) is 6.42 Å². The van der Waals surface area contributed by atoms with Crippen molar-refractivity contribution in [3.8, 4) is 5.75 Å². The van der Waals surface area contributed by atoms with Crippen LogP contribution < -0.4 is 15.4 Å². The molecule has 2 N–H and O–H groups in total. The van der Waals surface area contributed by atoms with E-state index in [9.17, 15) is 13.6 Å². The van der Waals surface area contributed by atoms with Crippen molar-refractivity contribution in [2.45, 2.75) is 12.3 Å². The summed E-state index contributed by atoms with van der Waals surface area (Å²) in [6.45, 7) is 0. The number of amides is 1. The Morgan fingerprint density at radius 3 is 2.67 bits per heavy atom. The molecule has 1 saturated carbocycles. The lowest BCUT2D eigenvalue weighted by Gasteiger charge is -2.11. The van der Waals surface area contributed by atoms with Gasteiger partial charge < -0.3 is 15.4 Å². The molecule has 1 aliphatic rings. The van der Waals surface area contributed by atoms with Gasteiger partial charge in [-0.3, -0.25) is 4.79 Å². The summed E-state index contributed by atoms with van der Waals surface area (Å²) in [6, 6.07) is 4.90. The maximum Gasteiger partial charge on any atom is 0.260 e. The van der Waals surface area contributed by atoms with Crippen LogP contribution in [0.5, 0.6) is 5.75 Å². The molecular formula is C12H14F2N2O2. The van der Waals surface area contributed by atoms with Crippen LogP contribution in [0.25, 0.3) is 0 Å². The van der Waals surface area contributed by atoms with Crippen LogP contribution >= 0.6 is 0 Å². The number of halogens is 2. The molecule has 2 rings (SSSR count). The Balaban J connectivity index is 2.08. The Labute approximate surface area is 103 Å². The molecule has 6 heteroatoms. The third kappa shape index (κ3) is 2.37. The molecule has 0 bridgehead atoms. The van der Waals surface area contributed by atoms with Gasteiger partial charge in [0.05, 0.1) is 12.8 Å². The molecule has 1 aliphatic carbocycles. The molecule has 1 atom stereocenters. The SMILES string of the molecule is CNc1cc(NC(=O)C2CC2(F)F)ccc1OC. The van der Waals surface area contributed by atoms with E-state index < -0.39 is 17.7 Å². The second-order valence-corrected chi connectivity index (χ2v) is 4.17. The molecule has 0 radical (unpaired) electrons. The Kier molecular flexibility index (Phi) is 3.11. The lowest BCUT2D eigenvalue weighted by molar-refractivity contribution is -0.119. The van der Waals surface area contributed by atoms with Crippen molar-refractivity contribution in [2.24, 2.45) is 5.92 Å². The van der Waals surface area contributed by atoms with Crippen molar-refractivity contribution in [2.75, 3.05) is 24.8 Å². The molecular weight excluding hydrogens is 242 g/mol. The number of carbonyl (C=O) groups is 1. The van der Waals surface area contributed by atoms with Gasteiger partial charge in [0.2, 0.25) is 5.91 Å². The molecule has 0 heterocycles. The second-order valence-electron chi connectivity index (χ2n) is 4.17. The van der Waals surface area contributed by atoms with Gasteiger partial charge in [0.15, 0.2) is 0 Å². The molecule has 1 aromatic carbocycles. The van der Waals surface area contributed by atoms with Crippen LogP contribution in [0.4, 0.5) is 20.2 Å². The number of methoxy groups -OCH3 is 1. The summed E-state index contributed by atoms with van der Waals surface area (Å²) in [4.78, 5) is 11.5. The van der Waals surface area contributed by atoms with Crippen LogP contribution in [0.15, 0.2) is 18.2 Å². The van der Waals surface area contributed by atoms with E-state index in [2.05, 4.69) is 10.6 Å². The first kappa shape index (κ1) is 12.6. The highest BCUT2D eigenvalue weighted by Gasteiger charge is 2.61. The van der Waals surface area contributed by atoms with Crippen molar-refractivity contribution >= 4 is 17.3 Å². The maximum atomic E-state index is 12.7. The van der Waals surface area contributed by atoms with Gasteiger partial charge in [-0.15, -0.1) is 0 Å². The highest BCUT2D eigenvalue weighted by molar-refractivity contribution is 5.95. The van der Waals surface area contributed by atoms with Crippen LogP contribution in [0.2, 0.25) is 0 Å². The Hall–Kier alpha value is -1.85. The third-order valence-electron chi connectivity index (χ3n) is 2.88. The number of anilines is 2. The minimum Gasteiger partial charge on any atom is -0.495 e. The van der Waals surface area contributed by atoms with Gasteiger partial charge in [-0.2, -0.15) is 0 Å². The molecule has 98 valence electrons. The largest absolute Gasteiger partial charge is 0.495 e. The summed E-state index contributed by atoms with van der Waals surface area (Å²) < 4.78 is 30.5. The molecule has 1 aromatic rings. The summed E-state index contributed by atoms with van der Waals surface area (Å²) in [5.74, 6) is -4.07. The first-order chi connectivity index (χ1) is 8.47. The standard InChI is InChI=1S/C12H14F2N2O2/c1-15-9-5-7(3-4-10(9)18-2)16-11(17)8-6-12(8,13)14/h3-5,8,15H,6H2,1-2H3,(H,16,17). The summed E-state index contributed by atoms with van der Waals surface area (Å²) in [7, 11) is 3.23. The van der Waals surface area contributed by atoms with Gasteiger partial charge in [-0.1, -0.05) is 0 Å². The highest BCUT2D eigenvalue weighted by Crippen LogP contribution is 2.49. The fourth-order valence-electron chi connectivity index (χ4n) is 1.71. The topological polar surface area (TPSA) is 50.4 Å². The van der Waals surface area contributed by atoms with Crippen LogP contribution in [0.3, 0.4) is 0 Å². The molecule has 1 unspecified atom stereocenters. The van der Waals surface area contributed by atoms with Crippen molar-refractivity contribution in [1.82, 2.24) is 0 Å². The van der Waals surface area contributed by atoms with E-state index in [1.165, 1.54) is 7.11 Å². The molecule has 0 spiro atoms. The number of nitrogens with one attached hydrogen (secondary N) is 2. The lowest BCUT2D eigenvalue weighted by Crippen LogP contribution is -2.17. The molecule has 0 saturated heterocycles. The summed E-state index contributed by atoms with van der Waals surface area (Å²) in [6.07, 6.45) is -0.367. The normalized spacial score (nSPS) is 20.1. The van der Waals surface area contributed by atoms with Crippen molar-refractivity contribution in [3.63, 3.8) is 0 Å². The zero-order valence-corrected chi connectivity index (χ0v) is 10.1. The highest BCUT2D eigenvalue weighted by atomic mass is 19.3. The molecule has 0 aliphatic heterocycles. The van der Waals surface area contributed by atoms with Crippen LogP contribution in [-0.4, -0.2) is 26.0 Å². The third-order valence-corrected chi connectivity index (χ3v) is 2.88. The number of benzene rings is 1. The lowest BCUT2D eigenvalue weighted by atomic mass is 10.2. The number of rotatable bonds is 4. The maximum absolute atomic E-state index is 12.7. The summed E-state index contributed by atoms with van der Waals surface area (Å²) >= 11 is 0. The molecule has 4 nitrogen and oxygen atoms in total. The molecule has 1 fully saturated rings. The molecule has 18 heavy (non-hydrogen) atoms. The summed E-state index contributed by atoms with van der Waals surface area (Å²) in [5.41, 5.74) is 1.14. The monoisotopic (exact) mass is 256 g/mol. The summed E-state index contributed by atoms with van der Waals surface area (Å²) in [5, 5.41) is 5.37. The fourth-order valence-corrected chi connectivity index (χ4v) is 1.71. The van der Waals surface area contributed by atoms with E-state index in [0.29, 0.717) is 17.1 Å². The minimum absolute atomic E-state index is 0.367. The van der Waals surface area contributed by atoms with E-state index in [1.54, 1.807) is 25.2 Å². The zero-order chi connectivity index (χ0) is 13.3. The quantitative estimate of drug-likeness (QED) is 0.869. The van der Waals surface area contributed by atoms with E-state index >= 15 is 0 Å². The van der Waals surface area contributed by atoms with Gasteiger partial charge >= 0.3 is 0 Å². The Morgan fingerprint density at radius 2 is 2.17 bits per heavy atom. The second kappa shape index (κ2) is 4.44. The van der Waals surface area contributed by atoms with Gasteiger partial charge in [0, 0.05) is 19.2 Å². The smallest absolute Gasteiger partial charge is 0.260 e. The van der Waals surface area contributed by atoms with E-state index in [0.717, 1.165) is 0 Å². The number of carbonyl (C=O) groups excluding carboxylic acids is 1. The van der Waals surface area contributed by atoms with Gasteiger partial charge in [-0.05, 0) is 18.2 Å². The number of alkyl halides is 2. The number of hydrogen-bond donors (Lipinski definition) is 2. The van der Waals surface area contributed by atoms with Gasteiger partial charge in [0.25, 0.3) is 5.92 Å². The van der Waals surface area contributed by atoms with Crippen molar-refractivity contribution in [3.05, 3.63) is 18.2 Å². The van der Waals surface area contributed by atoms with Crippen LogP contribution in [0.1, 0.15) is 6.42 Å². The van der Waals surface area contributed by atoms with Crippen LogP contribution in [-0.2, 0) is 4.79 Å². The number of hydrogen-bond acceptors (Lipinski definition) is 3. The van der Waals surface area contributed by atoms with Crippen molar-refractivity contribution < 1.29 is 18.3 Å². The first-order valence-corrected chi connectivity index (χ1v) is 5.52. The van der Waals surface area contributed by atoms with Crippen molar-refractivity contribution in [1.29, 1.82) is 0 Å².